The van der Waals surface area contributed by atoms with Gasteiger partial charge in [-0.25, -0.2) is 4.98 Å². The molecule has 0 N–H and O–H groups in total. The molecular formula is C25H20N2O. The summed E-state index contributed by atoms with van der Waals surface area (Å²) in [6.45, 7) is -2.28. The fraction of sp³-hybridized carbons (Fsp3) is 0.120. The number of hydrogen-bond donors (Lipinski definition) is 0. The standard InChI is InChI=1S/C25H20N2O/c1-17-14-15-26-23(16-17)22-9-5-8-20-21-13-12-19(27-25(21)28-24(20)22)11-10-18-6-3-2-4-7-18/h2-9,12-16H,10-11H2,1H3/i1D3,10D2,11D2. The largest absolute Gasteiger partial charge is 0.437 e. The topological polar surface area (TPSA) is 38.9 Å². The van der Waals surface area contributed by atoms with Crippen molar-refractivity contribution in [3.8, 4) is 11.3 Å². The molecule has 3 nitrogen and oxygen atoms in total. The van der Waals surface area contributed by atoms with Gasteiger partial charge in [0.05, 0.1) is 5.69 Å². The highest BCUT2D eigenvalue weighted by Gasteiger charge is 2.14. The molecule has 3 heteroatoms. The number of para-hydroxylation sites is 1. The molecule has 0 saturated carbocycles. The molecule has 3 heterocycles. The van der Waals surface area contributed by atoms with E-state index in [1.54, 1.807) is 48.5 Å². The SMILES string of the molecule is [2H]C([2H])([2H])c1ccnc(-c2cccc3c2oc2nc(C([2H])([2H])C([2H])([2H])c4ccccc4)ccc23)c1. The van der Waals surface area contributed by atoms with E-state index in [2.05, 4.69) is 9.97 Å². The van der Waals surface area contributed by atoms with Crippen molar-refractivity contribution >= 4 is 22.1 Å². The molecular weight excluding hydrogens is 344 g/mol. The van der Waals surface area contributed by atoms with Crippen LogP contribution in [-0.2, 0) is 12.7 Å². The van der Waals surface area contributed by atoms with Crippen LogP contribution in [0.5, 0.6) is 0 Å². The summed E-state index contributed by atoms with van der Waals surface area (Å²) in [5.74, 6) is 0. The molecule has 0 fully saturated rings. The van der Waals surface area contributed by atoms with E-state index in [9.17, 15) is 0 Å². The van der Waals surface area contributed by atoms with Gasteiger partial charge >= 0.3 is 0 Å². The monoisotopic (exact) mass is 371 g/mol. The Bertz CT molecular complexity index is 1540. The van der Waals surface area contributed by atoms with Gasteiger partial charge in [0.2, 0.25) is 5.71 Å². The predicted octanol–water partition coefficient (Wildman–Crippen LogP) is 6.14. The maximum absolute atomic E-state index is 8.60. The first-order valence-corrected chi connectivity index (χ1v) is 8.85. The molecule has 0 saturated heterocycles. The van der Waals surface area contributed by atoms with E-state index in [0.29, 0.717) is 27.6 Å². The zero-order valence-electron chi connectivity index (χ0n) is 21.8. The van der Waals surface area contributed by atoms with E-state index in [1.165, 1.54) is 24.4 Å². The average Bonchev–Trinajstić information content (AvgIpc) is 3.22. The third-order valence-electron chi connectivity index (χ3n) is 4.51. The van der Waals surface area contributed by atoms with E-state index < -0.39 is 19.6 Å². The summed E-state index contributed by atoms with van der Waals surface area (Å²) in [5.41, 5.74) is 1.88. The van der Waals surface area contributed by atoms with Gasteiger partial charge in [-0.05, 0) is 61.1 Å². The van der Waals surface area contributed by atoms with Crippen LogP contribution in [0, 0.1) is 6.85 Å². The van der Waals surface area contributed by atoms with Crippen LogP contribution >= 0.6 is 0 Å². The Kier molecular flexibility index (Phi) is 2.66. The van der Waals surface area contributed by atoms with E-state index in [0.717, 1.165) is 0 Å². The Morgan fingerprint density at radius 3 is 2.75 bits per heavy atom. The summed E-state index contributed by atoms with van der Waals surface area (Å²) in [4.78, 5) is 8.70. The van der Waals surface area contributed by atoms with E-state index in [4.69, 9.17) is 14.0 Å². The molecule has 0 atom stereocenters. The van der Waals surface area contributed by atoms with E-state index >= 15 is 0 Å². The Morgan fingerprint density at radius 1 is 0.929 bits per heavy atom. The van der Waals surface area contributed by atoms with Crippen molar-refractivity contribution in [1.82, 2.24) is 9.97 Å². The van der Waals surface area contributed by atoms with Crippen LogP contribution in [-0.4, -0.2) is 9.97 Å². The minimum Gasteiger partial charge on any atom is -0.437 e. The van der Waals surface area contributed by atoms with Crippen molar-refractivity contribution in [2.75, 3.05) is 0 Å². The van der Waals surface area contributed by atoms with Crippen LogP contribution < -0.4 is 0 Å². The van der Waals surface area contributed by atoms with E-state index in [-0.39, 0.29) is 22.5 Å². The predicted molar refractivity (Wildman–Crippen MR) is 113 cm³/mol. The number of aryl methyl sites for hydroxylation is 3. The van der Waals surface area contributed by atoms with Crippen LogP contribution in [0.4, 0.5) is 0 Å². The summed E-state index contributed by atoms with van der Waals surface area (Å²) in [6.07, 6.45) is -3.35. The van der Waals surface area contributed by atoms with E-state index in [1.807, 2.05) is 6.07 Å². The van der Waals surface area contributed by atoms with Crippen molar-refractivity contribution in [1.29, 1.82) is 0 Å². The summed E-state index contributed by atoms with van der Waals surface area (Å²) in [7, 11) is 0. The number of rotatable bonds is 4. The summed E-state index contributed by atoms with van der Waals surface area (Å²) in [5, 5.41) is 1.35. The van der Waals surface area contributed by atoms with Crippen LogP contribution in [0.3, 0.4) is 0 Å². The maximum Gasteiger partial charge on any atom is 0.227 e. The van der Waals surface area contributed by atoms with Crippen molar-refractivity contribution in [3.63, 3.8) is 0 Å². The third-order valence-corrected chi connectivity index (χ3v) is 4.51. The summed E-state index contributed by atoms with van der Waals surface area (Å²) in [6, 6.07) is 19.7. The molecule has 0 aliphatic carbocycles. The zero-order valence-corrected chi connectivity index (χ0v) is 14.8. The molecule has 28 heavy (non-hydrogen) atoms. The Morgan fingerprint density at radius 2 is 1.86 bits per heavy atom. The fourth-order valence-electron chi connectivity index (χ4n) is 3.19. The van der Waals surface area contributed by atoms with Gasteiger partial charge in [0, 0.05) is 37.8 Å². The lowest BCUT2D eigenvalue weighted by Crippen LogP contribution is -1.93. The highest BCUT2D eigenvalue weighted by molar-refractivity contribution is 6.08. The van der Waals surface area contributed by atoms with Crippen LogP contribution in [0.1, 0.15) is 26.4 Å². The fourth-order valence-corrected chi connectivity index (χ4v) is 3.19. The second kappa shape index (κ2) is 6.93. The minimum atomic E-state index is -2.44. The lowest BCUT2D eigenvalue weighted by Gasteiger charge is -2.02. The molecule has 0 aliphatic rings. The highest BCUT2D eigenvalue weighted by Crippen LogP contribution is 2.34. The second-order valence-electron chi connectivity index (χ2n) is 6.38. The molecule has 0 unspecified atom stereocenters. The molecule has 0 aliphatic heterocycles. The first-order valence-electron chi connectivity index (χ1n) is 12.4. The van der Waals surface area contributed by atoms with Gasteiger partial charge in [-0.2, -0.15) is 0 Å². The van der Waals surface area contributed by atoms with Crippen LogP contribution in [0.15, 0.2) is 83.4 Å². The highest BCUT2D eigenvalue weighted by atomic mass is 16.3. The summed E-state index contributed by atoms with van der Waals surface area (Å²) < 4.78 is 63.3. The van der Waals surface area contributed by atoms with Crippen molar-refractivity contribution in [3.05, 3.63) is 95.8 Å². The molecule has 136 valence electrons. The van der Waals surface area contributed by atoms with Gasteiger partial charge in [0.15, 0.2) is 0 Å². The third kappa shape index (κ3) is 3.05. The number of nitrogens with zero attached hydrogens (tertiary/aromatic N) is 2. The zero-order chi connectivity index (χ0) is 25.0. The molecule has 0 spiro atoms. The number of aromatic nitrogens is 2. The van der Waals surface area contributed by atoms with Gasteiger partial charge in [-0.15, -0.1) is 0 Å². The number of furan rings is 1. The van der Waals surface area contributed by atoms with Gasteiger partial charge in [0.1, 0.15) is 5.58 Å². The molecule has 0 amide bonds. The van der Waals surface area contributed by atoms with Gasteiger partial charge in [-0.3, -0.25) is 4.98 Å². The molecule has 0 radical (unpaired) electrons. The maximum atomic E-state index is 8.60. The van der Waals surface area contributed by atoms with Crippen molar-refractivity contribution < 1.29 is 14.0 Å². The molecule has 3 aromatic heterocycles. The molecule has 2 aromatic carbocycles. The van der Waals surface area contributed by atoms with Crippen LogP contribution in [0.2, 0.25) is 0 Å². The Balaban J connectivity index is 1.64. The number of hydrogen-bond acceptors (Lipinski definition) is 3. The normalized spacial score (nSPS) is 16.5. The van der Waals surface area contributed by atoms with Crippen molar-refractivity contribution in [2.45, 2.75) is 19.6 Å². The smallest absolute Gasteiger partial charge is 0.227 e. The Labute approximate surface area is 173 Å². The average molecular weight is 371 g/mol. The number of fused-ring (bicyclic) bond motifs is 3. The summed E-state index contributed by atoms with van der Waals surface area (Å²) >= 11 is 0. The van der Waals surface area contributed by atoms with Gasteiger partial charge in [-0.1, -0.05) is 42.5 Å². The van der Waals surface area contributed by atoms with Crippen molar-refractivity contribution in [2.24, 2.45) is 0 Å². The lowest BCUT2D eigenvalue weighted by molar-refractivity contribution is 0.651. The van der Waals surface area contributed by atoms with Crippen LogP contribution in [0.25, 0.3) is 33.3 Å². The first kappa shape index (κ1) is 10.8. The first-order chi connectivity index (χ1) is 16.5. The quantitative estimate of drug-likeness (QED) is 0.381. The van der Waals surface area contributed by atoms with Gasteiger partial charge in [0.25, 0.3) is 0 Å². The molecule has 5 aromatic rings. The minimum absolute atomic E-state index is 0.0954. The van der Waals surface area contributed by atoms with Gasteiger partial charge < -0.3 is 4.42 Å². The number of pyridine rings is 2. The molecule has 0 bridgehead atoms. The molecule has 5 rings (SSSR count). The number of benzene rings is 2. The lowest BCUT2D eigenvalue weighted by atomic mass is 10.1. The Hall–Kier alpha value is -3.46. The second-order valence-corrected chi connectivity index (χ2v) is 6.38.